The lowest BCUT2D eigenvalue weighted by Gasteiger charge is -2.13. The molecule has 7 nitrogen and oxygen atoms in total. The summed E-state index contributed by atoms with van der Waals surface area (Å²) in [6.07, 6.45) is -3.16. The molecule has 1 amide bonds. The number of anilines is 2. The summed E-state index contributed by atoms with van der Waals surface area (Å²) in [6, 6.07) is 12.9. The van der Waals surface area contributed by atoms with Crippen LogP contribution in [-0.2, 0) is 17.5 Å². The predicted octanol–water partition coefficient (Wildman–Crippen LogP) is 5.01. The molecule has 0 bridgehead atoms. The van der Waals surface area contributed by atoms with Crippen LogP contribution in [0.15, 0.2) is 48.5 Å². The lowest BCUT2D eigenvalue weighted by Crippen LogP contribution is -2.16. The summed E-state index contributed by atoms with van der Waals surface area (Å²) in [5.41, 5.74) is -0.0810. The second-order valence-corrected chi connectivity index (χ2v) is 7.43. The van der Waals surface area contributed by atoms with E-state index in [0.717, 1.165) is 54.7 Å². The molecule has 2 aromatic carbocycles. The Kier molecular flexibility index (Phi) is 13.3. The molecular weight excluding hydrogens is 457 g/mol. The van der Waals surface area contributed by atoms with Crippen LogP contribution in [0, 0.1) is 0 Å². The number of alkyl halides is 3. The molecule has 0 unspecified atom stereocenters. The third-order valence-corrected chi connectivity index (χ3v) is 4.45. The quantitative estimate of drug-likeness (QED) is 0.288. The van der Waals surface area contributed by atoms with Crippen LogP contribution < -0.4 is 16.0 Å². The topological polar surface area (TPSA) is 82.2 Å². The number of rotatable bonds is 9. The van der Waals surface area contributed by atoms with Crippen molar-refractivity contribution in [3.05, 3.63) is 59.9 Å². The van der Waals surface area contributed by atoms with Crippen molar-refractivity contribution in [1.82, 2.24) is 20.2 Å². The molecular formula is C25H35F3N6O. The third kappa shape index (κ3) is 10.3. The number of benzene rings is 2. The van der Waals surface area contributed by atoms with Gasteiger partial charge in [-0.3, -0.25) is 4.79 Å². The van der Waals surface area contributed by atoms with Gasteiger partial charge in [-0.15, -0.1) is 0 Å². The molecule has 0 aliphatic carbocycles. The number of hydrogen-bond acceptors (Lipinski definition) is 6. The van der Waals surface area contributed by atoms with Gasteiger partial charge in [0.05, 0.1) is 23.3 Å². The molecule has 192 valence electrons. The van der Waals surface area contributed by atoms with Crippen molar-refractivity contribution in [2.75, 3.05) is 44.9 Å². The van der Waals surface area contributed by atoms with E-state index >= 15 is 0 Å². The van der Waals surface area contributed by atoms with Crippen LogP contribution in [0.5, 0.6) is 0 Å². The van der Waals surface area contributed by atoms with Crippen LogP contribution in [0.25, 0.3) is 10.9 Å². The third-order valence-electron chi connectivity index (χ3n) is 4.45. The van der Waals surface area contributed by atoms with Crippen molar-refractivity contribution in [3.8, 4) is 0 Å². The fourth-order valence-electron chi connectivity index (χ4n) is 3.00. The number of amides is 1. The Morgan fingerprint density at radius 2 is 1.63 bits per heavy atom. The largest absolute Gasteiger partial charge is 0.418 e. The van der Waals surface area contributed by atoms with E-state index in [0.29, 0.717) is 0 Å². The molecule has 1 aromatic heterocycles. The maximum absolute atomic E-state index is 12.2. The summed E-state index contributed by atoms with van der Waals surface area (Å²) in [4.78, 5) is 21.3. The minimum absolute atomic E-state index is 0.213. The van der Waals surface area contributed by atoms with E-state index in [1.54, 1.807) is 0 Å². The second-order valence-electron chi connectivity index (χ2n) is 7.43. The first kappa shape index (κ1) is 29.8. The van der Waals surface area contributed by atoms with Gasteiger partial charge in [0.25, 0.3) is 0 Å². The first-order valence-electron chi connectivity index (χ1n) is 11.4. The maximum Gasteiger partial charge on any atom is 0.418 e. The van der Waals surface area contributed by atoms with Crippen molar-refractivity contribution in [1.29, 1.82) is 0 Å². The van der Waals surface area contributed by atoms with Gasteiger partial charge in [0.15, 0.2) is 0 Å². The molecule has 1 heterocycles. The average molecular weight is 493 g/mol. The van der Waals surface area contributed by atoms with E-state index in [2.05, 4.69) is 31.6 Å². The molecule has 0 atom stereocenters. The minimum Gasteiger partial charge on any atom is -0.369 e. The van der Waals surface area contributed by atoms with Gasteiger partial charge in [-0.1, -0.05) is 38.1 Å². The molecule has 3 aromatic rings. The van der Waals surface area contributed by atoms with E-state index in [-0.39, 0.29) is 12.1 Å². The number of halogens is 3. The fourth-order valence-corrected chi connectivity index (χ4v) is 3.00. The van der Waals surface area contributed by atoms with Gasteiger partial charge in [0.2, 0.25) is 6.41 Å². The lowest BCUT2D eigenvalue weighted by atomic mass is 10.2. The number of nitrogens with one attached hydrogen (secondary N) is 3. The number of hydrogen-bond donors (Lipinski definition) is 3. The number of carbonyl (C=O) groups excluding carboxylic acids is 1. The Morgan fingerprint density at radius 1 is 0.971 bits per heavy atom. The Morgan fingerprint density at radius 3 is 2.26 bits per heavy atom. The van der Waals surface area contributed by atoms with Crippen molar-refractivity contribution in [2.45, 2.75) is 33.0 Å². The molecule has 0 saturated carbocycles. The van der Waals surface area contributed by atoms with Crippen LogP contribution in [0.1, 0.15) is 31.7 Å². The Labute approximate surface area is 205 Å². The summed E-state index contributed by atoms with van der Waals surface area (Å²) < 4.78 is 36.6. The minimum atomic E-state index is -4.44. The Balaban J connectivity index is 0.000000354. The van der Waals surface area contributed by atoms with Gasteiger partial charge in [0, 0.05) is 11.9 Å². The monoisotopic (exact) mass is 492 g/mol. The molecule has 3 rings (SSSR count). The van der Waals surface area contributed by atoms with E-state index in [4.69, 9.17) is 0 Å². The predicted molar refractivity (Wildman–Crippen MR) is 136 cm³/mol. The zero-order valence-electron chi connectivity index (χ0n) is 20.9. The van der Waals surface area contributed by atoms with Gasteiger partial charge < -0.3 is 20.9 Å². The summed E-state index contributed by atoms with van der Waals surface area (Å²) in [6.45, 7) is 6.65. The average Bonchev–Trinajstić information content (AvgIpc) is 2.83. The molecule has 0 saturated heterocycles. The van der Waals surface area contributed by atoms with E-state index in [1.165, 1.54) is 18.2 Å². The first-order chi connectivity index (χ1) is 16.8. The standard InChI is InChI=1S/C15H23N5.C8H6F3NO.C2H6/c1-16-9-6-10-17-15-12-7-4-5-8-13(12)18-14(19-15)11-20(2)3;9-8(10,11)6-3-1-2-4-7(6)12-5-13;1-2/h4-5,7-8,16H,6,9-11H2,1-3H3,(H,17,18,19);1-5H,(H,12,13);1-2H3. The number of nitrogens with zero attached hydrogens (tertiary/aromatic N) is 3. The highest BCUT2D eigenvalue weighted by molar-refractivity contribution is 5.88. The highest BCUT2D eigenvalue weighted by Gasteiger charge is 2.32. The van der Waals surface area contributed by atoms with Crippen molar-refractivity contribution in [2.24, 2.45) is 0 Å². The molecule has 0 fully saturated rings. The number of para-hydroxylation sites is 2. The van der Waals surface area contributed by atoms with E-state index in [1.807, 2.05) is 58.5 Å². The SMILES string of the molecule is CC.CNCCCNc1nc(CN(C)C)nc2ccccc12.O=CNc1ccccc1C(F)(F)F. The Hall–Kier alpha value is -3.24. The maximum atomic E-state index is 12.2. The van der Waals surface area contributed by atoms with E-state index < -0.39 is 11.7 Å². The number of aromatic nitrogens is 2. The van der Waals surface area contributed by atoms with Crippen molar-refractivity contribution < 1.29 is 18.0 Å². The number of fused-ring (bicyclic) bond motifs is 1. The van der Waals surface area contributed by atoms with Crippen LogP contribution in [0.2, 0.25) is 0 Å². The van der Waals surface area contributed by atoms with Gasteiger partial charge in [-0.25, -0.2) is 9.97 Å². The normalized spacial score (nSPS) is 10.7. The van der Waals surface area contributed by atoms with Gasteiger partial charge in [-0.2, -0.15) is 13.2 Å². The smallest absolute Gasteiger partial charge is 0.369 e. The zero-order chi connectivity index (χ0) is 26.3. The molecule has 0 spiro atoms. The zero-order valence-corrected chi connectivity index (χ0v) is 20.9. The van der Waals surface area contributed by atoms with Crippen LogP contribution >= 0.6 is 0 Å². The molecule has 35 heavy (non-hydrogen) atoms. The van der Waals surface area contributed by atoms with Crippen molar-refractivity contribution in [3.63, 3.8) is 0 Å². The summed E-state index contributed by atoms with van der Waals surface area (Å²) >= 11 is 0. The summed E-state index contributed by atoms with van der Waals surface area (Å²) in [5, 5.41) is 9.64. The van der Waals surface area contributed by atoms with Crippen LogP contribution in [-0.4, -0.2) is 55.5 Å². The van der Waals surface area contributed by atoms with Crippen LogP contribution in [0.3, 0.4) is 0 Å². The van der Waals surface area contributed by atoms with Gasteiger partial charge in [-0.05, 0) is 58.4 Å². The van der Waals surface area contributed by atoms with Crippen molar-refractivity contribution >= 4 is 28.8 Å². The molecule has 0 radical (unpaired) electrons. The van der Waals surface area contributed by atoms with Gasteiger partial charge in [0.1, 0.15) is 11.6 Å². The Bertz CT molecular complexity index is 1030. The van der Waals surface area contributed by atoms with Gasteiger partial charge >= 0.3 is 6.18 Å². The highest BCUT2D eigenvalue weighted by Crippen LogP contribution is 2.34. The number of carbonyl (C=O) groups is 1. The molecule has 10 heteroatoms. The molecule has 0 aliphatic rings. The molecule has 0 aliphatic heterocycles. The lowest BCUT2D eigenvalue weighted by molar-refractivity contribution is -0.136. The van der Waals surface area contributed by atoms with Crippen LogP contribution in [0.4, 0.5) is 24.7 Å². The summed E-state index contributed by atoms with van der Waals surface area (Å²) in [7, 11) is 6.02. The van der Waals surface area contributed by atoms with E-state index in [9.17, 15) is 18.0 Å². The summed E-state index contributed by atoms with van der Waals surface area (Å²) in [5.74, 6) is 1.79. The second kappa shape index (κ2) is 15.6. The fraction of sp³-hybridized carbons (Fsp3) is 0.400. The first-order valence-corrected chi connectivity index (χ1v) is 11.4. The molecule has 3 N–H and O–H groups in total. The highest BCUT2D eigenvalue weighted by atomic mass is 19.4.